The first-order valence-corrected chi connectivity index (χ1v) is 6.60. The van der Waals surface area contributed by atoms with Crippen molar-refractivity contribution in [1.29, 1.82) is 0 Å². The lowest BCUT2D eigenvalue weighted by Gasteiger charge is -2.11. The number of carbonyl (C=O) groups excluding carboxylic acids is 1. The topological polar surface area (TPSA) is 55.1 Å². The maximum Gasteiger partial charge on any atom is 0.405 e. The first-order chi connectivity index (χ1) is 9.35. The van der Waals surface area contributed by atoms with Gasteiger partial charge in [0.05, 0.1) is 5.25 Å². The van der Waals surface area contributed by atoms with Crippen LogP contribution in [0.1, 0.15) is 6.92 Å². The number of nitrogens with one attached hydrogen (secondary N) is 1. The molecule has 0 fully saturated rings. The Hall–Kier alpha value is -1.70. The van der Waals surface area contributed by atoms with Gasteiger partial charge in [-0.25, -0.2) is 4.98 Å². The minimum absolute atomic E-state index is 0.251. The average Bonchev–Trinajstić information content (AvgIpc) is 2.76. The summed E-state index contributed by atoms with van der Waals surface area (Å²) >= 11 is 0.971. The second kappa shape index (κ2) is 5.74. The number of carbonyl (C=O) groups is 1. The third kappa shape index (κ3) is 3.89. The average molecular weight is 304 g/mol. The molecule has 0 aliphatic rings. The van der Waals surface area contributed by atoms with Crippen molar-refractivity contribution >= 4 is 28.8 Å². The molecule has 0 aliphatic heterocycles. The van der Waals surface area contributed by atoms with Gasteiger partial charge >= 0.3 is 6.18 Å². The van der Waals surface area contributed by atoms with Crippen molar-refractivity contribution in [2.45, 2.75) is 23.6 Å². The molecule has 20 heavy (non-hydrogen) atoms. The van der Waals surface area contributed by atoms with E-state index < -0.39 is 23.9 Å². The quantitative estimate of drug-likeness (QED) is 0.882. The Labute approximate surface area is 116 Å². The fraction of sp³-hybridized carbons (Fsp3) is 0.333. The summed E-state index contributed by atoms with van der Waals surface area (Å²) < 4.78 is 41.4. The first kappa shape index (κ1) is 14.7. The normalized spacial score (nSPS) is 13.4. The Balaban J connectivity index is 1.96. The smallest absolute Gasteiger partial charge is 0.405 e. The number of oxazole rings is 1. The molecule has 1 unspecified atom stereocenters. The summed E-state index contributed by atoms with van der Waals surface area (Å²) in [5, 5.41) is 1.34. The van der Waals surface area contributed by atoms with Crippen LogP contribution in [0.15, 0.2) is 33.9 Å². The van der Waals surface area contributed by atoms with Gasteiger partial charge in [0.2, 0.25) is 5.91 Å². The van der Waals surface area contributed by atoms with Crippen LogP contribution >= 0.6 is 11.8 Å². The fourth-order valence-electron chi connectivity index (χ4n) is 1.44. The predicted molar refractivity (Wildman–Crippen MR) is 68.4 cm³/mol. The van der Waals surface area contributed by atoms with Gasteiger partial charge in [-0.05, 0) is 19.1 Å². The van der Waals surface area contributed by atoms with Crippen LogP contribution in [0.2, 0.25) is 0 Å². The van der Waals surface area contributed by atoms with E-state index in [2.05, 4.69) is 4.98 Å². The van der Waals surface area contributed by atoms with Gasteiger partial charge in [0, 0.05) is 0 Å². The molecule has 0 saturated heterocycles. The molecule has 1 amide bonds. The van der Waals surface area contributed by atoms with Gasteiger partial charge in [0.1, 0.15) is 12.1 Å². The third-order valence-corrected chi connectivity index (χ3v) is 3.33. The van der Waals surface area contributed by atoms with Gasteiger partial charge in [-0.15, -0.1) is 0 Å². The van der Waals surface area contributed by atoms with Crippen molar-refractivity contribution in [1.82, 2.24) is 10.3 Å². The summed E-state index contributed by atoms with van der Waals surface area (Å²) in [6.45, 7) is 0.148. The monoisotopic (exact) mass is 304 g/mol. The Kier molecular flexibility index (Phi) is 4.22. The Morgan fingerprint density at radius 3 is 2.80 bits per heavy atom. The van der Waals surface area contributed by atoms with E-state index in [9.17, 15) is 18.0 Å². The van der Waals surface area contributed by atoms with E-state index in [-0.39, 0.29) is 5.22 Å². The van der Waals surface area contributed by atoms with Crippen molar-refractivity contribution in [3.8, 4) is 0 Å². The third-order valence-electron chi connectivity index (χ3n) is 2.38. The van der Waals surface area contributed by atoms with Gasteiger partial charge in [0.15, 0.2) is 5.58 Å². The summed E-state index contributed by atoms with van der Waals surface area (Å²) in [7, 11) is 0. The zero-order valence-electron chi connectivity index (χ0n) is 10.4. The molecule has 108 valence electrons. The second-order valence-corrected chi connectivity index (χ2v) is 5.33. The van der Waals surface area contributed by atoms with Gasteiger partial charge < -0.3 is 9.73 Å². The molecule has 1 N–H and O–H groups in total. The van der Waals surface area contributed by atoms with Crippen LogP contribution in [0, 0.1) is 0 Å². The van der Waals surface area contributed by atoms with Crippen molar-refractivity contribution in [2.24, 2.45) is 0 Å². The Bertz CT molecular complexity index is 579. The SMILES string of the molecule is CC(Sc1nc2ccccc2o1)C(=O)NCC(F)(F)F. The summed E-state index contributed by atoms with van der Waals surface area (Å²) in [6.07, 6.45) is -4.42. The highest BCUT2D eigenvalue weighted by atomic mass is 32.2. The van der Waals surface area contributed by atoms with Crippen LogP contribution < -0.4 is 5.32 Å². The predicted octanol–water partition coefficient (Wildman–Crippen LogP) is 2.99. The van der Waals surface area contributed by atoms with E-state index in [0.717, 1.165) is 11.8 Å². The lowest BCUT2D eigenvalue weighted by Crippen LogP contribution is -2.37. The molecule has 0 radical (unpaired) electrons. The van der Waals surface area contributed by atoms with Crippen molar-refractivity contribution in [3.63, 3.8) is 0 Å². The minimum Gasteiger partial charge on any atom is -0.431 e. The molecule has 1 aromatic carbocycles. The molecule has 0 bridgehead atoms. The summed E-state index contributed by atoms with van der Waals surface area (Å²) in [5.41, 5.74) is 1.20. The van der Waals surface area contributed by atoms with E-state index in [0.29, 0.717) is 11.1 Å². The van der Waals surface area contributed by atoms with E-state index in [1.165, 1.54) is 6.92 Å². The minimum atomic E-state index is -4.42. The zero-order chi connectivity index (χ0) is 14.8. The number of rotatable bonds is 4. The van der Waals surface area contributed by atoms with E-state index >= 15 is 0 Å². The number of para-hydroxylation sites is 2. The molecule has 1 aromatic heterocycles. The highest BCUT2D eigenvalue weighted by Gasteiger charge is 2.29. The molecule has 1 heterocycles. The van der Waals surface area contributed by atoms with Crippen molar-refractivity contribution in [3.05, 3.63) is 24.3 Å². The number of nitrogens with zero attached hydrogens (tertiary/aromatic N) is 1. The number of amides is 1. The Morgan fingerprint density at radius 1 is 1.45 bits per heavy atom. The molecule has 8 heteroatoms. The molecular formula is C12H11F3N2O2S. The number of hydrogen-bond donors (Lipinski definition) is 1. The second-order valence-electron chi connectivity index (χ2n) is 4.04. The summed E-state index contributed by atoms with van der Waals surface area (Å²) in [6, 6.07) is 7.04. The van der Waals surface area contributed by atoms with Crippen LogP contribution in [0.5, 0.6) is 0 Å². The number of halogens is 3. The summed E-state index contributed by atoms with van der Waals surface area (Å²) in [5.74, 6) is -0.713. The van der Waals surface area contributed by atoms with Gasteiger partial charge in [-0.3, -0.25) is 4.79 Å². The molecule has 2 rings (SSSR count). The van der Waals surface area contributed by atoms with Crippen molar-refractivity contribution < 1.29 is 22.4 Å². The van der Waals surface area contributed by atoms with Crippen LogP contribution in [0.25, 0.3) is 11.1 Å². The van der Waals surface area contributed by atoms with Crippen LogP contribution in [-0.4, -0.2) is 28.9 Å². The number of aromatic nitrogens is 1. The number of hydrogen-bond acceptors (Lipinski definition) is 4. The van der Waals surface area contributed by atoms with Crippen molar-refractivity contribution in [2.75, 3.05) is 6.54 Å². The van der Waals surface area contributed by atoms with E-state index in [1.807, 2.05) is 5.32 Å². The van der Waals surface area contributed by atoms with E-state index in [1.54, 1.807) is 24.3 Å². The van der Waals surface area contributed by atoms with Crippen LogP contribution in [0.4, 0.5) is 13.2 Å². The van der Waals surface area contributed by atoms with E-state index in [4.69, 9.17) is 4.42 Å². The molecule has 0 spiro atoms. The largest absolute Gasteiger partial charge is 0.431 e. The maximum absolute atomic E-state index is 12.0. The highest BCUT2D eigenvalue weighted by Crippen LogP contribution is 2.26. The lowest BCUT2D eigenvalue weighted by atomic mass is 10.3. The molecule has 4 nitrogen and oxygen atoms in total. The number of alkyl halides is 3. The number of thioether (sulfide) groups is 1. The number of benzene rings is 1. The maximum atomic E-state index is 12.0. The Morgan fingerprint density at radius 2 is 2.15 bits per heavy atom. The van der Waals surface area contributed by atoms with Crippen LogP contribution in [0.3, 0.4) is 0 Å². The molecule has 0 saturated carbocycles. The van der Waals surface area contributed by atoms with Gasteiger partial charge in [-0.1, -0.05) is 23.9 Å². The summed E-state index contributed by atoms with van der Waals surface area (Å²) in [4.78, 5) is 15.6. The van der Waals surface area contributed by atoms with Gasteiger partial charge in [-0.2, -0.15) is 13.2 Å². The molecule has 0 aliphatic carbocycles. The van der Waals surface area contributed by atoms with Gasteiger partial charge in [0.25, 0.3) is 5.22 Å². The lowest BCUT2D eigenvalue weighted by molar-refractivity contribution is -0.137. The zero-order valence-corrected chi connectivity index (χ0v) is 11.2. The molecular weight excluding hydrogens is 293 g/mol. The fourth-order valence-corrected chi connectivity index (χ4v) is 2.22. The molecule has 2 aromatic rings. The highest BCUT2D eigenvalue weighted by molar-refractivity contribution is 8.00. The number of fused-ring (bicyclic) bond motifs is 1. The standard InChI is InChI=1S/C12H11F3N2O2S/c1-7(10(18)16-6-12(13,14)15)20-11-17-8-4-2-3-5-9(8)19-11/h2-5,7H,6H2,1H3,(H,16,18). The van der Waals surface area contributed by atoms with Crippen LogP contribution in [-0.2, 0) is 4.79 Å². The molecule has 1 atom stereocenters. The first-order valence-electron chi connectivity index (χ1n) is 5.72.